The highest BCUT2D eigenvalue weighted by atomic mass is 19.4. The van der Waals surface area contributed by atoms with Crippen LogP contribution >= 0.6 is 0 Å². The summed E-state index contributed by atoms with van der Waals surface area (Å²) in [6.07, 6.45) is 3.68. The molecule has 2 N–H and O–H groups in total. The molecule has 52 heavy (non-hydrogen) atoms. The van der Waals surface area contributed by atoms with Crippen molar-refractivity contribution >= 4 is 33.3 Å². The molecule has 0 radical (unpaired) electrons. The summed E-state index contributed by atoms with van der Waals surface area (Å²) in [6, 6.07) is 7.60. The number of carbonyl (C=O) groups is 1. The Bertz CT molecular complexity index is 2010. The first-order valence-corrected chi connectivity index (χ1v) is 17.4. The standard InChI is InChI=1S/C31H29F4N5O3.C7H12FN/c1-5-18-14-40(15-19(37-18)8-10-26(42)31(33,34)35)29-27-16(3)36-24(13-25(27)38-30(39-29)43-4)22-12-20(41)11-17-7-9-23(32)21(6-2)28(17)22;8-6-4-7-2-1-3-9(7)5-6/h2,7,9,11-13,18-19,37,41H,5,8,10,14-15H2,1,3-4H3;6-7H,1-5H2. The number of aryl methyl sites for hydroxylation is 1. The fourth-order valence-electron chi connectivity index (χ4n) is 7.63. The van der Waals surface area contributed by atoms with Gasteiger partial charge >= 0.3 is 12.2 Å². The van der Waals surface area contributed by atoms with Gasteiger partial charge in [-0.05, 0) is 75.2 Å². The van der Waals surface area contributed by atoms with Gasteiger partial charge < -0.3 is 20.1 Å². The summed E-state index contributed by atoms with van der Waals surface area (Å²) in [7, 11) is 1.42. The Kier molecular flexibility index (Phi) is 10.8. The summed E-state index contributed by atoms with van der Waals surface area (Å²) in [4.78, 5) is 29.7. The molecule has 0 amide bonds. The maximum Gasteiger partial charge on any atom is 0.449 e. The Morgan fingerprint density at radius 2 is 1.88 bits per heavy atom. The first kappa shape index (κ1) is 37.2. The molecule has 4 aromatic rings. The Hall–Kier alpha value is -4.61. The van der Waals surface area contributed by atoms with Crippen molar-refractivity contribution in [2.45, 2.75) is 82.8 Å². The summed E-state index contributed by atoms with van der Waals surface area (Å²) in [5.41, 5.74) is 1.81. The van der Waals surface area contributed by atoms with Crippen LogP contribution in [0.1, 0.15) is 56.7 Å². The molecule has 14 heteroatoms. The largest absolute Gasteiger partial charge is 0.508 e. The Labute approximate surface area is 298 Å². The first-order chi connectivity index (χ1) is 24.8. The normalized spacial score (nSPS) is 21.9. The third-order valence-electron chi connectivity index (χ3n) is 10.1. The van der Waals surface area contributed by atoms with E-state index >= 15 is 0 Å². The Balaban J connectivity index is 0.000000444. The summed E-state index contributed by atoms with van der Waals surface area (Å²) < 4.78 is 71.3. The van der Waals surface area contributed by atoms with E-state index in [4.69, 9.17) is 16.1 Å². The van der Waals surface area contributed by atoms with Gasteiger partial charge in [0.05, 0.1) is 35.0 Å². The van der Waals surface area contributed by atoms with Gasteiger partial charge in [0, 0.05) is 55.1 Å². The molecule has 3 fully saturated rings. The number of Topliss-reactive ketones (excluding diaryl/α,β-unsaturated/α-hetero) is 1. The molecule has 3 aliphatic rings. The van der Waals surface area contributed by atoms with E-state index < -0.39 is 36.4 Å². The zero-order valence-electron chi connectivity index (χ0n) is 29.2. The van der Waals surface area contributed by atoms with Gasteiger partial charge in [-0.25, -0.2) is 8.78 Å². The fraction of sp³-hybridized carbons (Fsp3) is 0.474. The van der Waals surface area contributed by atoms with Crippen LogP contribution in [0.25, 0.3) is 32.9 Å². The lowest BCUT2D eigenvalue weighted by molar-refractivity contribution is -0.171. The summed E-state index contributed by atoms with van der Waals surface area (Å²) >= 11 is 0. The second kappa shape index (κ2) is 15.2. The number of fused-ring (bicyclic) bond motifs is 3. The third kappa shape index (κ3) is 7.76. The van der Waals surface area contributed by atoms with Gasteiger partial charge in [-0.1, -0.05) is 18.9 Å². The maximum atomic E-state index is 14.7. The topological polar surface area (TPSA) is 104 Å². The fourth-order valence-corrected chi connectivity index (χ4v) is 7.63. The molecule has 5 heterocycles. The third-order valence-corrected chi connectivity index (χ3v) is 10.1. The van der Waals surface area contributed by atoms with E-state index in [1.54, 1.807) is 13.0 Å². The van der Waals surface area contributed by atoms with Gasteiger partial charge in [-0.15, -0.1) is 6.42 Å². The van der Waals surface area contributed by atoms with Crippen molar-refractivity contribution < 1.29 is 36.6 Å². The van der Waals surface area contributed by atoms with Crippen molar-refractivity contribution in [2.24, 2.45) is 0 Å². The van der Waals surface area contributed by atoms with Gasteiger partial charge in [0.15, 0.2) is 0 Å². The number of rotatable bonds is 7. The number of benzene rings is 2. The number of aromatic nitrogens is 3. The minimum atomic E-state index is -4.87. The molecular weight excluding hydrogens is 683 g/mol. The molecular formula is C38H41F5N6O3. The molecule has 276 valence electrons. The van der Waals surface area contributed by atoms with E-state index in [0.29, 0.717) is 76.5 Å². The number of hydrogen-bond acceptors (Lipinski definition) is 9. The lowest BCUT2D eigenvalue weighted by atomic mass is 9.95. The van der Waals surface area contributed by atoms with Gasteiger partial charge in [0.2, 0.25) is 5.78 Å². The second-order valence-corrected chi connectivity index (χ2v) is 13.6. The predicted octanol–water partition coefficient (Wildman–Crippen LogP) is 6.65. The number of alkyl halides is 4. The van der Waals surface area contributed by atoms with E-state index in [9.17, 15) is 31.9 Å². The molecule has 0 bridgehead atoms. The average Bonchev–Trinajstić information content (AvgIpc) is 3.70. The summed E-state index contributed by atoms with van der Waals surface area (Å²) in [5, 5.41) is 15.4. The second-order valence-electron chi connectivity index (χ2n) is 13.6. The first-order valence-electron chi connectivity index (χ1n) is 17.4. The molecule has 3 saturated heterocycles. The van der Waals surface area contributed by atoms with Gasteiger partial charge in [-0.3, -0.25) is 14.7 Å². The molecule has 7 rings (SSSR count). The van der Waals surface area contributed by atoms with Crippen molar-refractivity contribution in [3.63, 3.8) is 0 Å². The number of ether oxygens (including phenoxy) is 1. The van der Waals surface area contributed by atoms with Crippen LogP contribution in [0, 0.1) is 25.1 Å². The highest BCUT2D eigenvalue weighted by Crippen LogP contribution is 2.38. The van der Waals surface area contributed by atoms with Crippen molar-refractivity contribution in [2.75, 3.05) is 38.2 Å². The number of phenolic OH excluding ortho intramolecular Hbond substituents is 1. The number of terminal acetylenes is 1. The van der Waals surface area contributed by atoms with Crippen molar-refractivity contribution in [3.8, 4) is 35.4 Å². The zero-order valence-corrected chi connectivity index (χ0v) is 29.2. The summed E-state index contributed by atoms with van der Waals surface area (Å²) in [6.45, 7) is 6.37. The van der Waals surface area contributed by atoms with Gasteiger partial charge in [0.25, 0.3) is 0 Å². The lowest BCUT2D eigenvalue weighted by Gasteiger charge is -2.40. The number of piperazine rings is 1. The molecule has 0 saturated carbocycles. The number of methoxy groups -OCH3 is 1. The molecule has 9 nitrogen and oxygen atoms in total. The molecule has 2 aromatic heterocycles. The maximum absolute atomic E-state index is 14.7. The van der Waals surface area contributed by atoms with Crippen LogP contribution < -0.4 is 15.0 Å². The number of anilines is 1. The smallest absolute Gasteiger partial charge is 0.449 e. The number of pyridine rings is 1. The van der Waals surface area contributed by atoms with Crippen molar-refractivity contribution in [1.82, 2.24) is 25.2 Å². The number of ketones is 1. The van der Waals surface area contributed by atoms with E-state index in [0.717, 1.165) is 13.0 Å². The van der Waals surface area contributed by atoms with Crippen molar-refractivity contribution in [3.05, 3.63) is 47.4 Å². The number of aromatic hydroxyl groups is 1. The quantitative estimate of drug-likeness (QED) is 0.160. The van der Waals surface area contributed by atoms with Crippen LogP contribution in [0.2, 0.25) is 0 Å². The van der Waals surface area contributed by atoms with E-state index in [2.05, 4.69) is 26.1 Å². The highest BCUT2D eigenvalue weighted by Gasteiger charge is 2.39. The van der Waals surface area contributed by atoms with Crippen LogP contribution in [0.5, 0.6) is 11.8 Å². The Morgan fingerprint density at radius 3 is 2.58 bits per heavy atom. The predicted molar refractivity (Wildman–Crippen MR) is 189 cm³/mol. The number of nitrogens with one attached hydrogen (secondary N) is 1. The van der Waals surface area contributed by atoms with Gasteiger partial charge in [-0.2, -0.15) is 23.1 Å². The van der Waals surface area contributed by atoms with E-state index in [1.165, 1.54) is 44.2 Å². The monoisotopic (exact) mass is 724 g/mol. The number of nitrogens with zero attached hydrogens (tertiary/aromatic N) is 5. The average molecular weight is 725 g/mol. The van der Waals surface area contributed by atoms with Crippen LogP contribution in [0.3, 0.4) is 0 Å². The summed E-state index contributed by atoms with van der Waals surface area (Å²) in [5.74, 6) is 0.496. The zero-order chi connectivity index (χ0) is 37.3. The van der Waals surface area contributed by atoms with Crippen LogP contribution in [0.15, 0.2) is 30.3 Å². The number of halogens is 5. The van der Waals surface area contributed by atoms with Gasteiger partial charge in [0.1, 0.15) is 23.6 Å². The van der Waals surface area contributed by atoms with Crippen LogP contribution in [-0.4, -0.2) is 94.5 Å². The molecule has 2 aromatic carbocycles. The SMILES string of the molecule is C#Cc1c(F)ccc2cc(O)cc(-c3cc4nc(OC)nc(N5CC(CC)NC(CCC(=O)C(F)(F)F)C5)c4c(C)n3)c12.FC1CC2CCCN2C1. The minimum Gasteiger partial charge on any atom is -0.508 e. The number of carbonyl (C=O) groups excluding carboxylic acids is 1. The minimum absolute atomic E-state index is 0.00548. The lowest BCUT2D eigenvalue weighted by Crippen LogP contribution is -2.57. The van der Waals surface area contributed by atoms with Crippen molar-refractivity contribution in [1.29, 1.82) is 0 Å². The highest BCUT2D eigenvalue weighted by molar-refractivity contribution is 6.03. The molecule has 0 spiro atoms. The molecule has 4 atom stereocenters. The molecule has 0 aliphatic carbocycles. The number of phenols is 1. The molecule has 3 aliphatic heterocycles. The van der Waals surface area contributed by atoms with Crippen LogP contribution in [-0.2, 0) is 4.79 Å². The molecule has 4 unspecified atom stereocenters. The van der Waals surface area contributed by atoms with Crippen LogP contribution in [0.4, 0.5) is 27.8 Å². The van der Waals surface area contributed by atoms with E-state index in [1.807, 2.05) is 11.8 Å². The Morgan fingerprint density at radius 1 is 1.12 bits per heavy atom. The number of hydrogen-bond donors (Lipinski definition) is 2. The van der Waals surface area contributed by atoms with E-state index in [-0.39, 0.29) is 29.8 Å².